The first-order chi connectivity index (χ1) is 18.1. The van der Waals surface area contributed by atoms with Crippen molar-refractivity contribution in [1.29, 1.82) is 0 Å². The van der Waals surface area contributed by atoms with E-state index in [4.69, 9.17) is 24.4 Å². The number of fused-ring (bicyclic) bond motifs is 4. The van der Waals surface area contributed by atoms with Crippen LogP contribution in [-0.4, -0.2) is 37.8 Å². The number of hydrogen-bond acceptors (Lipinski definition) is 6. The molecule has 0 radical (unpaired) electrons. The maximum absolute atomic E-state index is 13.8. The first kappa shape index (κ1) is 22.9. The third kappa shape index (κ3) is 4.11. The van der Waals surface area contributed by atoms with Gasteiger partial charge in [-0.3, -0.25) is 13.9 Å². The molecule has 6 aromatic rings. The lowest BCUT2D eigenvalue weighted by Crippen LogP contribution is -2.24. The molecule has 184 valence electrons. The molecule has 8 nitrogen and oxygen atoms in total. The van der Waals surface area contributed by atoms with E-state index in [0.29, 0.717) is 53.3 Å². The lowest BCUT2D eigenvalue weighted by molar-refractivity contribution is 0.189. The van der Waals surface area contributed by atoms with Gasteiger partial charge in [0.15, 0.2) is 11.3 Å². The van der Waals surface area contributed by atoms with E-state index in [2.05, 4.69) is 0 Å². The van der Waals surface area contributed by atoms with Crippen molar-refractivity contribution in [2.45, 2.75) is 19.9 Å². The topological polar surface area (TPSA) is 84.1 Å². The third-order valence-electron chi connectivity index (χ3n) is 6.36. The zero-order valence-corrected chi connectivity index (χ0v) is 20.6. The number of ether oxygens (including phenoxy) is 2. The highest BCUT2D eigenvalue weighted by Gasteiger charge is 2.22. The van der Waals surface area contributed by atoms with Crippen molar-refractivity contribution in [1.82, 2.24) is 24.1 Å². The van der Waals surface area contributed by atoms with Gasteiger partial charge in [-0.15, -0.1) is 0 Å². The number of aromatic nitrogens is 5. The Morgan fingerprint density at radius 3 is 2.19 bits per heavy atom. The van der Waals surface area contributed by atoms with Crippen LogP contribution in [0.4, 0.5) is 0 Å². The summed E-state index contributed by atoms with van der Waals surface area (Å²) in [6.07, 6.45) is 0.709. The van der Waals surface area contributed by atoms with Gasteiger partial charge in [-0.05, 0) is 61.9 Å². The minimum Gasteiger partial charge on any atom is -0.457 e. The molecule has 0 spiro atoms. The van der Waals surface area contributed by atoms with Gasteiger partial charge < -0.3 is 9.47 Å². The molecule has 6 rings (SSSR count). The van der Waals surface area contributed by atoms with Crippen LogP contribution in [0.25, 0.3) is 38.9 Å². The van der Waals surface area contributed by atoms with Crippen LogP contribution in [0.15, 0.2) is 83.7 Å². The second-order valence-electron chi connectivity index (χ2n) is 8.79. The van der Waals surface area contributed by atoms with Gasteiger partial charge in [0.1, 0.15) is 28.2 Å². The van der Waals surface area contributed by atoms with Crippen LogP contribution < -0.4 is 10.3 Å². The summed E-state index contributed by atoms with van der Waals surface area (Å²) in [5, 5.41) is 0.459. The fourth-order valence-corrected chi connectivity index (χ4v) is 4.59. The van der Waals surface area contributed by atoms with Gasteiger partial charge in [0, 0.05) is 25.9 Å². The zero-order chi connectivity index (χ0) is 25.4. The summed E-state index contributed by atoms with van der Waals surface area (Å²) < 4.78 is 14.8. The summed E-state index contributed by atoms with van der Waals surface area (Å²) in [5.41, 5.74) is 3.82. The van der Waals surface area contributed by atoms with Crippen LogP contribution in [-0.2, 0) is 11.3 Å². The number of aryl methyl sites for hydroxylation is 1. The van der Waals surface area contributed by atoms with E-state index in [1.807, 2.05) is 90.4 Å². The molecule has 0 bridgehead atoms. The van der Waals surface area contributed by atoms with E-state index >= 15 is 0 Å². The van der Waals surface area contributed by atoms with Gasteiger partial charge in [-0.1, -0.05) is 30.3 Å². The molecule has 0 aliphatic heterocycles. The molecule has 8 heteroatoms. The van der Waals surface area contributed by atoms with Crippen molar-refractivity contribution < 1.29 is 9.47 Å². The Morgan fingerprint density at radius 2 is 1.46 bits per heavy atom. The van der Waals surface area contributed by atoms with Crippen molar-refractivity contribution >= 4 is 33.2 Å². The first-order valence-corrected chi connectivity index (χ1v) is 12.1. The highest BCUT2D eigenvalue weighted by atomic mass is 16.5. The maximum atomic E-state index is 13.8. The fraction of sp³-hybridized carbons (Fsp3) is 0.172. The largest absolute Gasteiger partial charge is 0.457 e. The normalized spacial score (nSPS) is 11.5. The second kappa shape index (κ2) is 9.48. The Bertz CT molecular complexity index is 1790. The van der Waals surface area contributed by atoms with Crippen LogP contribution in [0.3, 0.4) is 0 Å². The lowest BCUT2D eigenvalue weighted by Gasteiger charge is -2.11. The number of methoxy groups -OCH3 is 1. The molecule has 3 aromatic carbocycles. The van der Waals surface area contributed by atoms with E-state index in [1.165, 1.54) is 0 Å². The van der Waals surface area contributed by atoms with Gasteiger partial charge in [0.05, 0.1) is 11.0 Å². The Balaban J connectivity index is 1.56. The molecular weight excluding hydrogens is 466 g/mol. The molecule has 3 aromatic heterocycles. The summed E-state index contributed by atoms with van der Waals surface area (Å²) in [6.45, 7) is 2.93. The Hall–Kier alpha value is -4.56. The number of rotatable bonds is 7. The average molecular weight is 492 g/mol. The molecular formula is C29H25N5O3. The predicted molar refractivity (Wildman–Crippen MR) is 144 cm³/mol. The Morgan fingerprint density at radius 1 is 0.784 bits per heavy atom. The third-order valence-corrected chi connectivity index (χ3v) is 6.36. The number of hydrogen-bond donors (Lipinski definition) is 0. The highest BCUT2D eigenvalue weighted by molar-refractivity contribution is 6.05. The summed E-state index contributed by atoms with van der Waals surface area (Å²) in [5.74, 6) is 2.10. The van der Waals surface area contributed by atoms with Gasteiger partial charge in [-0.2, -0.15) is 0 Å². The molecule has 0 unspecified atom stereocenters. The molecule has 0 saturated heterocycles. The van der Waals surface area contributed by atoms with E-state index in [1.54, 1.807) is 11.7 Å². The highest BCUT2D eigenvalue weighted by Crippen LogP contribution is 2.30. The van der Waals surface area contributed by atoms with E-state index in [-0.39, 0.29) is 5.56 Å². The molecule has 0 amide bonds. The molecule has 0 aliphatic carbocycles. The Kier molecular flexibility index (Phi) is 5.86. The van der Waals surface area contributed by atoms with Crippen LogP contribution in [0.1, 0.15) is 12.2 Å². The van der Waals surface area contributed by atoms with Gasteiger partial charge in [-0.25, -0.2) is 15.0 Å². The predicted octanol–water partition coefficient (Wildman–Crippen LogP) is 5.42. The van der Waals surface area contributed by atoms with Crippen molar-refractivity contribution in [2.75, 3.05) is 13.7 Å². The molecule has 0 saturated carbocycles. The maximum Gasteiger partial charge on any atom is 0.265 e. The molecule has 0 atom stereocenters. The smallest absolute Gasteiger partial charge is 0.265 e. The van der Waals surface area contributed by atoms with E-state index in [0.717, 1.165) is 22.5 Å². The van der Waals surface area contributed by atoms with Crippen LogP contribution in [0.5, 0.6) is 11.5 Å². The van der Waals surface area contributed by atoms with Gasteiger partial charge in [0.25, 0.3) is 5.56 Å². The molecule has 0 fully saturated rings. The van der Waals surface area contributed by atoms with Gasteiger partial charge in [0.2, 0.25) is 0 Å². The molecule has 37 heavy (non-hydrogen) atoms. The van der Waals surface area contributed by atoms with E-state index in [9.17, 15) is 4.79 Å². The monoisotopic (exact) mass is 491 g/mol. The van der Waals surface area contributed by atoms with Crippen molar-refractivity contribution in [3.63, 3.8) is 0 Å². The van der Waals surface area contributed by atoms with Crippen molar-refractivity contribution in [3.8, 4) is 17.2 Å². The zero-order valence-electron chi connectivity index (χ0n) is 20.6. The average Bonchev–Trinajstić information content (AvgIpc) is 3.23. The summed E-state index contributed by atoms with van der Waals surface area (Å²) >= 11 is 0. The second-order valence-corrected chi connectivity index (χ2v) is 8.79. The van der Waals surface area contributed by atoms with E-state index < -0.39 is 0 Å². The quantitative estimate of drug-likeness (QED) is 0.277. The van der Waals surface area contributed by atoms with Crippen molar-refractivity contribution in [2.24, 2.45) is 0 Å². The molecule has 0 aliphatic rings. The summed E-state index contributed by atoms with van der Waals surface area (Å²) in [6, 6.07) is 25.0. The van der Waals surface area contributed by atoms with Crippen molar-refractivity contribution in [3.05, 3.63) is 95.0 Å². The summed E-state index contributed by atoms with van der Waals surface area (Å²) in [4.78, 5) is 28.4. The minimum atomic E-state index is -0.129. The SMILES string of the molecule is COCCCn1c(C)nc2c(c1=O)c1nc3ccccc3nc1n2-c1ccc(Oc2ccccc2)cc1. The Labute approximate surface area is 212 Å². The fourth-order valence-electron chi connectivity index (χ4n) is 4.59. The van der Waals surface area contributed by atoms with Crippen LogP contribution >= 0.6 is 0 Å². The number of para-hydroxylation sites is 3. The molecule has 0 N–H and O–H groups in total. The van der Waals surface area contributed by atoms with Crippen LogP contribution in [0.2, 0.25) is 0 Å². The molecule has 3 heterocycles. The number of benzene rings is 3. The van der Waals surface area contributed by atoms with Crippen LogP contribution in [0, 0.1) is 6.92 Å². The van der Waals surface area contributed by atoms with Gasteiger partial charge >= 0.3 is 0 Å². The standard InChI is InChI=1S/C29H25N5O3/c1-19-30-27-25(29(35)33(19)17-8-18-36-2)26-28(32-24-12-7-6-11-23(24)31-26)34(27)20-13-15-22(16-14-20)37-21-9-4-3-5-10-21/h3-7,9-16H,8,17-18H2,1-2H3. The summed E-state index contributed by atoms with van der Waals surface area (Å²) in [7, 11) is 1.65. The minimum absolute atomic E-state index is 0.129. The first-order valence-electron chi connectivity index (χ1n) is 12.1. The number of nitrogens with zero attached hydrogens (tertiary/aromatic N) is 5. The lowest BCUT2D eigenvalue weighted by atomic mass is 10.3.